The molecule has 0 atom stereocenters. The van der Waals surface area contributed by atoms with Crippen molar-refractivity contribution in [1.82, 2.24) is 20.1 Å². The summed E-state index contributed by atoms with van der Waals surface area (Å²) in [7, 11) is 0. The Morgan fingerprint density at radius 3 is 2.92 bits per heavy atom. The van der Waals surface area contributed by atoms with Crippen LogP contribution in [0.5, 0.6) is 0 Å². The van der Waals surface area contributed by atoms with Crippen molar-refractivity contribution in [2.24, 2.45) is 0 Å². The predicted octanol–water partition coefficient (Wildman–Crippen LogP) is 4.07. The number of thiazole rings is 1. The Labute approximate surface area is 152 Å². The summed E-state index contributed by atoms with van der Waals surface area (Å²) in [5, 5.41) is 8.50. The first-order valence-electron chi connectivity index (χ1n) is 7.62. The molecule has 0 fully saturated rings. The molecule has 2 heterocycles. The zero-order chi connectivity index (χ0) is 17.2. The number of rotatable bonds is 4. The molecule has 4 aromatic rings. The van der Waals surface area contributed by atoms with Crippen LogP contribution in [0.1, 0.15) is 15.9 Å². The lowest BCUT2D eigenvalue weighted by Gasteiger charge is -2.04. The molecular weight excluding hydrogens is 356 g/mol. The lowest BCUT2D eigenvalue weighted by molar-refractivity contribution is 0.0951. The van der Waals surface area contributed by atoms with E-state index >= 15 is 0 Å². The number of hydrogen-bond acceptors (Lipinski definition) is 4. The Balaban J connectivity index is 1.49. The molecule has 124 valence electrons. The highest BCUT2D eigenvalue weighted by atomic mass is 35.5. The highest BCUT2D eigenvalue weighted by Gasteiger charge is 2.12. The fraction of sp³-hybridized carbons (Fsp3) is 0.0556. The number of nitrogens with zero attached hydrogens (tertiary/aromatic N) is 3. The van der Waals surface area contributed by atoms with Crippen molar-refractivity contribution in [1.29, 1.82) is 0 Å². The summed E-state index contributed by atoms with van der Waals surface area (Å²) in [6.07, 6.45) is 3.23. The number of halogens is 1. The fourth-order valence-corrected chi connectivity index (χ4v) is 3.55. The van der Waals surface area contributed by atoms with Crippen molar-refractivity contribution in [2.75, 3.05) is 0 Å². The van der Waals surface area contributed by atoms with E-state index in [0.29, 0.717) is 17.1 Å². The molecule has 0 saturated heterocycles. The molecule has 2 aromatic carbocycles. The van der Waals surface area contributed by atoms with Crippen LogP contribution in [0.4, 0.5) is 0 Å². The summed E-state index contributed by atoms with van der Waals surface area (Å²) < 4.78 is 2.71. The van der Waals surface area contributed by atoms with Crippen LogP contribution in [0, 0.1) is 0 Å². The third-order valence-electron chi connectivity index (χ3n) is 3.67. The second kappa shape index (κ2) is 6.66. The van der Waals surface area contributed by atoms with Gasteiger partial charge < -0.3 is 5.32 Å². The topological polar surface area (TPSA) is 59.8 Å². The van der Waals surface area contributed by atoms with E-state index in [0.717, 1.165) is 20.9 Å². The Bertz CT molecular complexity index is 1020. The number of benzene rings is 2. The van der Waals surface area contributed by atoms with E-state index in [4.69, 9.17) is 11.6 Å². The van der Waals surface area contributed by atoms with Crippen molar-refractivity contribution in [3.05, 3.63) is 77.1 Å². The molecule has 0 spiro atoms. The minimum Gasteiger partial charge on any atom is -0.348 e. The number of carbonyl (C=O) groups is 1. The van der Waals surface area contributed by atoms with E-state index < -0.39 is 0 Å². The van der Waals surface area contributed by atoms with Crippen molar-refractivity contribution >= 4 is 39.1 Å². The van der Waals surface area contributed by atoms with E-state index in [2.05, 4.69) is 15.4 Å². The van der Waals surface area contributed by atoms with Gasteiger partial charge in [-0.2, -0.15) is 5.10 Å². The Hall–Kier alpha value is -2.70. The molecule has 0 unspecified atom stereocenters. The summed E-state index contributed by atoms with van der Waals surface area (Å²) in [5.41, 5.74) is 2.35. The summed E-state index contributed by atoms with van der Waals surface area (Å²) in [5.74, 6) is -0.188. The molecule has 0 bridgehead atoms. The van der Waals surface area contributed by atoms with Gasteiger partial charge in [0.2, 0.25) is 5.13 Å². The van der Waals surface area contributed by atoms with E-state index in [1.54, 1.807) is 23.1 Å². The molecule has 1 N–H and O–H groups in total. The molecule has 4 rings (SSSR count). The number of para-hydroxylation sites is 1. The average Bonchev–Trinajstić information content (AvgIpc) is 3.26. The molecule has 7 heteroatoms. The van der Waals surface area contributed by atoms with Crippen LogP contribution in [0.25, 0.3) is 15.3 Å². The maximum absolute atomic E-state index is 12.3. The van der Waals surface area contributed by atoms with Gasteiger partial charge in [0, 0.05) is 17.8 Å². The number of hydrogen-bond donors (Lipinski definition) is 1. The number of amides is 1. The number of nitrogens with one attached hydrogen (secondary N) is 1. The average molecular weight is 369 g/mol. The quantitative estimate of drug-likeness (QED) is 0.590. The summed E-state index contributed by atoms with van der Waals surface area (Å²) in [6.45, 7) is 0.408. The first-order chi connectivity index (χ1) is 12.2. The second-order valence-corrected chi connectivity index (χ2v) is 6.90. The SMILES string of the molecule is O=C(NCc1cccc(Cl)c1)c1cnn(-c2nc3ccccc3s2)c1. The van der Waals surface area contributed by atoms with Gasteiger partial charge in [-0.1, -0.05) is 47.2 Å². The lowest BCUT2D eigenvalue weighted by atomic mass is 10.2. The van der Waals surface area contributed by atoms with E-state index in [1.165, 1.54) is 11.3 Å². The number of aromatic nitrogens is 3. The zero-order valence-corrected chi connectivity index (χ0v) is 14.6. The van der Waals surface area contributed by atoms with Crippen molar-refractivity contribution in [2.45, 2.75) is 6.54 Å². The van der Waals surface area contributed by atoms with Crippen LogP contribution in [-0.4, -0.2) is 20.7 Å². The van der Waals surface area contributed by atoms with Crippen LogP contribution >= 0.6 is 22.9 Å². The summed E-state index contributed by atoms with van der Waals surface area (Å²) >= 11 is 7.48. The normalized spacial score (nSPS) is 10.9. The van der Waals surface area contributed by atoms with E-state index in [1.807, 2.05) is 42.5 Å². The van der Waals surface area contributed by atoms with Crippen LogP contribution < -0.4 is 5.32 Å². The number of fused-ring (bicyclic) bond motifs is 1. The van der Waals surface area contributed by atoms with E-state index in [9.17, 15) is 4.79 Å². The van der Waals surface area contributed by atoms with Crippen molar-refractivity contribution < 1.29 is 4.79 Å². The lowest BCUT2D eigenvalue weighted by Crippen LogP contribution is -2.22. The van der Waals surface area contributed by atoms with Gasteiger partial charge in [0.1, 0.15) is 0 Å². The minimum absolute atomic E-state index is 0.188. The van der Waals surface area contributed by atoms with Crippen molar-refractivity contribution in [3.63, 3.8) is 0 Å². The molecular formula is C18H13ClN4OS. The first-order valence-corrected chi connectivity index (χ1v) is 8.82. The molecule has 0 saturated carbocycles. The summed E-state index contributed by atoms with van der Waals surface area (Å²) in [4.78, 5) is 16.8. The van der Waals surface area contributed by atoms with Gasteiger partial charge in [0.25, 0.3) is 5.91 Å². The van der Waals surface area contributed by atoms with Crippen molar-refractivity contribution in [3.8, 4) is 5.13 Å². The molecule has 25 heavy (non-hydrogen) atoms. The van der Waals surface area contributed by atoms with Gasteiger partial charge >= 0.3 is 0 Å². The smallest absolute Gasteiger partial charge is 0.254 e. The van der Waals surface area contributed by atoms with Crippen LogP contribution in [0.3, 0.4) is 0 Å². The molecule has 0 aliphatic heterocycles. The molecule has 5 nitrogen and oxygen atoms in total. The predicted molar refractivity (Wildman–Crippen MR) is 99.4 cm³/mol. The van der Waals surface area contributed by atoms with E-state index in [-0.39, 0.29) is 5.91 Å². The monoisotopic (exact) mass is 368 g/mol. The standard InChI is InChI=1S/C18H13ClN4OS/c19-14-5-3-4-12(8-14)9-20-17(24)13-10-21-23(11-13)18-22-15-6-1-2-7-16(15)25-18/h1-8,10-11H,9H2,(H,20,24). The second-order valence-electron chi connectivity index (χ2n) is 5.45. The van der Waals surface area contributed by atoms with Crippen LogP contribution in [-0.2, 0) is 6.54 Å². The van der Waals surface area contributed by atoms with Gasteiger partial charge in [0.15, 0.2) is 0 Å². The maximum Gasteiger partial charge on any atom is 0.254 e. The molecule has 0 aliphatic carbocycles. The van der Waals surface area contributed by atoms with Gasteiger partial charge in [0.05, 0.1) is 22.0 Å². The van der Waals surface area contributed by atoms with Crippen LogP contribution in [0.15, 0.2) is 60.9 Å². The molecule has 2 aromatic heterocycles. The first kappa shape index (κ1) is 15.8. The molecule has 1 amide bonds. The molecule has 0 radical (unpaired) electrons. The van der Waals surface area contributed by atoms with Gasteiger partial charge in [-0.05, 0) is 29.8 Å². The third-order valence-corrected chi connectivity index (χ3v) is 4.93. The number of carbonyl (C=O) groups excluding carboxylic acids is 1. The van der Waals surface area contributed by atoms with Gasteiger partial charge in [-0.3, -0.25) is 4.79 Å². The highest BCUT2D eigenvalue weighted by Crippen LogP contribution is 2.24. The Kier molecular flexibility index (Phi) is 4.21. The highest BCUT2D eigenvalue weighted by molar-refractivity contribution is 7.20. The third kappa shape index (κ3) is 3.40. The fourth-order valence-electron chi connectivity index (χ4n) is 2.43. The largest absolute Gasteiger partial charge is 0.348 e. The minimum atomic E-state index is -0.188. The Morgan fingerprint density at radius 1 is 1.20 bits per heavy atom. The zero-order valence-electron chi connectivity index (χ0n) is 13.0. The van der Waals surface area contributed by atoms with Crippen LogP contribution in [0.2, 0.25) is 5.02 Å². The van der Waals surface area contributed by atoms with Gasteiger partial charge in [-0.15, -0.1) is 0 Å². The molecule has 0 aliphatic rings. The summed E-state index contributed by atoms with van der Waals surface area (Å²) in [6, 6.07) is 15.3. The maximum atomic E-state index is 12.3. The Morgan fingerprint density at radius 2 is 2.08 bits per heavy atom. The van der Waals surface area contributed by atoms with Gasteiger partial charge in [-0.25, -0.2) is 9.67 Å².